The summed E-state index contributed by atoms with van der Waals surface area (Å²) in [5, 5.41) is 3.64. The maximum absolute atomic E-state index is 5.85. The topological polar surface area (TPSA) is 21.3 Å². The first kappa shape index (κ1) is 15.0. The molecule has 0 spiro atoms. The lowest BCUT2D eigenvalue weighted by Gasteiger charge is -2.25. The molecule has 1 aliphatic rings. The van der Waals surface area contributed by atoms with E-state index in [4.69, 9.17) is 4.74 Å². The predicted octanol–water partition coefficient (Wildman–Crippen LogP) is 3.75. The highest BCUT2D eigenvalue weighted by molar-refractivity contribution is 4.73. The van der Waals surface area contributed by atoms with Crippen LogP contribution < -0.4 is 5.32 Å². The molecule has 0 amide bonds. The second-order valence-corrected chi connectivity index (χ2v) is 6.74. The Morgan fingerprint density at radius 1 is 1.18 bits per heavy atom. The fourth-order valence-electron chi connectivity index (χ4n) is 2.26. The molecule has 0 aromatic rings. The van der Waals surface area contributed by atoms with Crippen LogP contribution in [-0.2, 0) is 4.74 Å². The number of nitrogens with one attached hydrogen (secondary N) is 1. The van der Waals surface area contributed by atoms with Gasteiger partial charge in [0.2, 0.25) is 0 Å². The van der Waals surface area contributed by atoms with Gasteiger partial charge in [-0.05, 0) is 31.6 Å². The van der Waals surface area contributed by atoms with Gasteiger partial charge in [-0.25, -0.2) is 0 Å². The third kappa shape index (κ3) is 7.77. The molecular formula is C15H31NO. The predicted molar refractivity (Wildman–Crippen MR) is 74.4 cm³/mol. The molecule has 2 nitrogen and oxygen atoms in total. The zero-order valence-corrected chi connectivity index (χ0v) is 12.2. The zero-order chi connectivity index (χ0) is 12.7. The van der Waals surface area contributed by atoms with E-state index in [9.17, 15) is 0 Å². The zero-order valence-electron chi connectivity index (χ0n) is 12.2. The molecule has 1 fully saturated rings. The van der Waals surface area contributed by atoms with Crippen molar-refractivity contribution in [1.82, 2.24) is 5.32 Å². The highest BCUT2D eigenvalue weighted by atomic mass is 16.5. The molecule has 1 N–H and O–H groups in total. The summed E-state index contributed by atoms with van der Waals surface area (Å²) in [6, 6.07) is 0.748. The lowest BCUT2D eigenvalue weighted by Crippen LogP contribution is -2.37. The van der Waals surface area contributed by atoms with E-state index < -0.39 is 0 Å². The van der Waals surface area contributed by atoms with Gasteiger partial charge in [0.05, 0.1) is 6.10 Å². The third-order valence-corrected chi connectivity index (χ3v) is 3.55. The molecule has 0 aromatic carbocycles. The molecule has 1 aliphatic carbocycles. The van der Waals surface area contributed by atoms with Crippen molar-refractivity contribution in [2.45, 2.75) is 78.4 Å². The van der Waals surface area contributed by atoms with Gasteiger partial charge in [0.25, 0.3) is 0 Å². The van der Waals surface area contributed by atoms with E-state index in [0.29, 0.717) is 11.5 Å². The Bertz CT molecular complexity index is 192. The molecule has 17 heavy (non-hydrogen) atoms. The summed E-state index contributed by atoms with van der Waals surface area (Å²) in [6.45, 7) is 10.9. The molecular weight excluding hydrogens is 210 g/mol. The van der Waals surface area contributed by atoms with Gasteiger partial charge < -0.3 is 10.1 Å². The minimum absolute atomic E-state index is 0.347. The first-order valence-electron chi connectivity index (χ1n) is 7.32. The average molecular weight is 241 g/mol. The quantitative estimate of drug-likeness (QED) is 0.764. The van der Waals surface area contributed by atoms with Crippen LogP contribution in [0.25, 0.3) is 0 Å². The number of ether oxygens (including phenoxy) is 1. The Morgan fingerprint density at radius 3 is 2.41 bits per heavy atom. The summed E-state index contributed by atoms with van der Waals surface area (Å²) in [6.07, 6.45) is 8.42. The third-order valence-electron chi connectivity index (χ3n) is 3.55. The molecule has 0 bridgehead atoms. The summed E-state index contributed by atoms with van der Waals surface area (Å²) >= 11 is 0. The smallest absolute Gasteiger partial charge is 0.0671 e. The lowest BCUT2D eigenvalue weighted by molar-refractivity contribution is 0.0467. The molecule has 0 saturated heterocycles. The Labute approximate surface area is 108 Å². The van der Waals surface area contributed by atoms with E-state index in [0.717, 1.165) is 25.6 Å². The number of hydrogen-bond acceptors (Lipinski definition) is 2. The summed E-state index contributed by atoms with van der Waals surface area (Å²) in [7, 11) is 0. The molecule has 1 rings (SSSR count). The van der Waals surface area contributed by atoms with Crippen molar-refractivity contribution in [1.29, 1.82) is 0 Å². The van der Waals surface area contributed by atoms with E-state index in [2.05, 4.69) is 33.0 Å². The van der Waals surface area contributed by atoms with Gasteiger partial charge in [0.15, 0.2) is 0 Å². The highest BCUT2D eigenvalue weighted by Gasteiger charge is 2.14. The molecule has 1 atom stereocenters. The average Bonchev–Trinajstić information content (AvgIpc) is 2.26. The minimum atomic E-state index is 0.347. The normalized spacial score (nSPS) is 20.5. The van der Waals surface area contributed by atoms with Crippen LogP contribution in [0.15, 0.2) is 0 Å². The molecule has 1 unspecified atom stereocenters. The molecule has 0 aromatic heterocycles. The Kier molecular flexibility index (Phi) is 6.50. The highest BCUT2D eigenvalue weighted by Crippen LogP contribution is 2.19. The Balaban J connectivity index is 2.02. The van der Waals surface area contributed by atoms with E-state index in [1.165, 1.54) is 32.1 Å². The van der Waals surface area contributed by atoms with Gasteiger partial charge in [0.1, 0.15) is 0 Å². The number of rotatable bonds is 6. The van der Waals surface area contributed by atoms with Gasteiger partial charge in [0, 0.05) is 19.2 Å². The van der Waals surface area contributed by atoms with Gasteiger partial charge in [-0.15, -0.1) is 0 Å². The first-order valence-corrected chi connectivity index (χ1v) is 7.32. The van der Waals surface area contributed by atoms with Crippen molar-refractivity contribution in [3.63, 3.8) is 0 Å². The van der Waals surface area contributed by atoms with Crippen molar-refractivity contribution in [2.75, 3.05) is 13.2 Å². The lowest BCUT2D eigenvalue weighted by atomic mass is 9.93. The maximum Gasteiger partial charge on any atom is 0.0671 e. The Morgan fingerprint density at radius 2 is 1.82 bits per heavy atom. The SMILES string of the molecule is CC(CNC1CCCCC1)OCCC(C)(C)C. The standard InChI is InChI=1S/C15H31NO/c1-13(17-11-10-15(2,3)4)12-16-14-8-6-5-7-9-14/h13-14,16H,5-12H2,1-4H3. The van der Waals surface area contributed by atoms with Crippen molar-refractivity contribution >= 4 is 0 Å². The van der Waals surface area contributed by atoms with E-state index in [-0.39, 0.29) is 0 Å². The molecule has 2 heteroatoms. The van der Waals surface area contributed by atoms with Crippen LogP contribution in [-0.4, -0.2) is 25.3 Å². The summed E-state index contributed by atoms with van der Waals surface area (Å²) in [5.41, 5.74) is 0.385. The van der Waals surface area contributed by atoms with Crippen LogP contribution in [0.5, 0.6) is 0 Å². The van der Waals surface area contributed by atoms with Crippen molar-refractivity contribution in [3.05, 3.63) is 0 Å². The van der Waals surface area contributed by atoms with Crippen LogP contribution in [0.4, 0.5) is 0 Å². The number of hydrogen-bond donors (Lipinski definition) is 1. The Hall–Kier alpha value is -0.0800. The van der Waals surface area contributed by atoms with Crippen molar-refractivity contribution in [3.8, 4) is 0 Å². The van der Waals surface area contributed by atoms with Crippen molar-refractivity contribution < 1.29 is 4.74 Å². The van der Waals surface area contributed by atoms with Crippen LogP contribution in [0.3, 0.4) is 0 Å². The maximum atomic E-state index is 5.85. The molecule has 0 radical (unpaired) electrons. The molecule has 1 saturated carbocycles. The summed E-state index contributed by atoms with van der Waals surface area (Å²) in [4.78, 5) is 0. The largest absolute Gasteiger partial charge is 0.377 e. The van der Waals surface area contributed by atoms with Gasteiger partial charge in [-0.2, -0.15) is 0 Å². The van der Waals surface area contributed by atoms with E-state index in [1.54, 1.807) is 0 Å². The van der Waals surface area contributed by atoms with Crippen LogP contribution in [0, 0.1) is 5.41 Å². The minimum Gasteiger partial charge on any atom is -0.377 e. The monoisotopic (exact) mass is 241 g/mol. The van der Waals surface area contributed by atoms with Gasteiger partial charge in [-0.3, -0.25) is 0 Å². The van der Waals surface area contributed by atoms with E-state index >= 15 is 0 Å². The van der Waals surface area contributed by atoms with Crippen LogP contribution in [0.1, 0.15) is 66.2 Å². The van der Waals surface area contributed by atoms with Gasteiger partial charge in [-0.1, -0.05) is 40.0 Å². The first-order chi connectivity index (χ1) is 7.97. The summed E-state index contributed by atoms with van der Waals surface area (Å²) < 4.78 is 5.85. The van der Waals surface area contributed by atoms with Gasteiger partial charge >= 0.3 is 0 Å². The summed E-state index contributed by atoms with van der Waals surface area (Å²) in [5.74, 6) is 0. The fraction of sp³-hybridized carbons (Fsp3) is 1.00. The molecule has 102 valence electrons. The second kappa shape index (κ2) is 7.38. The van der Waals surface area contributed by atoms with Crippen LogP contribution in [0.2, 0.25) is 0 Å². The second-order valence-electron chi connectivity index (χ2n) is 6.74. The molecule has 0 heterocycles. The fourth-order valence-corrected chi connectivity index (χ4v) is 2.26. The van der Waals surface area contributed by atoms with Crippen LogP contribution >= 0.6 is 0 Å². The van der Waals surface area contributed by atoms with E-state index in [1.807, 2.05) is 0 Å². The molecule has 0 aliphatic heterocycles. The van der Waals surface area contributed by atoms with Crippen molar-refractivity contribution in [2.24, 2.45) is 5.41 Å².